The highest BCUT2D eigenvalue weighted by Crippen LogP contribution is 2.37. The lowest BCUT2D eigenvalue weighted by atomic mass is 9.99. The first-order valence-corrected chi connectivity index (χ1v) is 7.46. The van der Waals surface area contributed by atoms with Crippen LogP contribution in [0.5, 0.6) is 5.75 Å². The molecule has 0 fully saturated rings. The number of alkyl halides is 3. The van der Waals surface area contributed by atoms with Gasteiger partial charge in [-0.25, -0.2) is 0 Å². The van der Waals surface area contributed by atoms with E-state index in [1.165, 1.54) is 7.11 Å². The molecule has 1 atom stereocenters. The summed E-state index contributed by atoms with van der Waals surface area (Å²) in [4.78, 5) is 0. The van der Waals surface area contributed by atoms with Crippen LogP contribution in [-0.2, 0) is 0 Å². The summed E-state index contributed by atoms with van der Waals surface area (Å²) >= 11 is 0. The summed E-state index contributed by atoms with van der Waals surface area (Å²) in [6.45, 7) is 3.31. The van der Waals surface area contributed by atoms with Crippen molar-refractivity contribution in [2.75, 3.05) is 19.0 Å². The number of ether oxygens (including phenoxy) is 1. The fourth-order valence-corrected chi connectivity index (χ4v) is 2.58. The van der Waals surface area contributed by atoms with E-state index in [2.05, 4.69) is 5.32 Å². The monoisotopic (exact) mass is 339 g/mol. The van der Waals surface area contributed by atoms with Gasteiger partial charge in [-0.2, -0.15) is 13.2 Å². The van der Waals surface area contributed by atoms with Gasteiger partial charge in [0.2, 0.25) is 0 Å². The second-order valence-corrected chi connectivity index (χ2v) is 5.70. The van der Waals surface area contributed by atoms with Gasteiger partial charge in [-0.05, 0) is 25.5 Å². The van der Waals surface area contributed by atoms with Crippen molar-refractivity contribution in [3.8, 4) is 16.9 Å². The van der Waals surface area contributed by atoms with Crippen molar-refractivity contribution in [2.24, 2.45) is 0 Å². The van der Waals surface area contributed by atoms with Gasteiger partial charge in [-0.1, -0.05) is 41.5 Å². The number of para-hydroxylation sites is 1. The van der Waals surface area contributed by atoms with Gasteiger partial charge in [0.25, 0.3) is 0 Å². The van der Waals surface area contributed by atoms with Gasteiger partial charge in [0, 0.05) is 12.1 Å². The summed E-state index contributed by atoms with van der Waals surface area (Å²) in [5.74, 6) is 0.442. The van der Waals surface area contributed by atoms with E-state index in [0.717, 1.165) is 22.3 Å². The number of benzene rings is 2. The number of hydrogen-bond acceptors (Lipinski definition) is 3. The highest BCUT2D eigenvalue weighted by molar-refractivity contribution is 5.79. The van der Waals surface area contributed by atoms with E-state index in [1.807, 2.05) is 38.1 Å². The molecule has 1 unspecified atom stereocenters. The van der Waals surface area contributed by atoms with E-state index >= 15 is 0 Å². The summed E-state index contributed by atoms with van der Waals surface area (Å²) in [5, 5.41) is 11.8. The van der Waals surface area contributed by atoms with E-state index in [1.54, 1.807) is 12.1 Å². The minimum Gasteiger partial charge on any atom is -0.494 e. The SMILES string of the molecule is COc1c(NCC(O)C(F)(F)F)cccc1-c1cc(C)cc(C)c1. The van der Waals surface area contributed by atoms with E-state index in [9.17, 15) is 13.2 Å². The van der Waals surface area contributed by atoms with Gasteiger partial charge >= 0.3 is 6.18 Å². The number of anilines is 1. The molecule has 3 nitrogen and oxygen atoms in total. The Kier molecular flexibility index (Phi) is 5.39. The normalized spacial score (nSPS) is 12.8. The lowest BCUT2D eigenvalue weighted by Crippen LogP contribution is -2.35. The summed E-state index contributed by atoms with van der Waals surface area (Å²) < 4.78 is 42.7. The van der Waals surface area contributed by atoms with Gasteiger partial charge in [0.15, 0.2) is 6.10 Å². The predicted molar refractivity (Wildman–Crippen MR) is 88.5 cm³/mol. The maximum absolute atomic E-state index is 12.4. The second kappa shape index (κ2) is 7.13. The zero-order valence-corrected chi connectivity index (χ0v) is 13.7. The molecule has 130 valence electrons. The zero-order valence-electron chi connectivity index (χ0n) is 13.7. The molecule has 2 aromatic carbocycles. The van der Waals surface area contributed by atoms with Gasteiger partial charge in [-0.3, -0.25) is 0 Å². The number of hydrogen-bond donors (Lipinski definition) is 2. The number of aliphatic hydroxyl groups excluding tert-OH is 1. The fourth-order valence-electron chi connectivity index (χ4n) is 2.58. The quantitative estimate of drug-likeness (QED) is 0.853. The van der Waals surface area contributed by atoms with Crippen molar-refractivity contribution in [3.05, 3.63) is 47.5 Å². The lowest BCUT2D eigenvalue weighted by molar-refractivity contribution is -0.198. The van der Waals surface area contributed by atoms with Crippen LogP contribution in [0, 0.1) is 13.8 Å². The van der Waals surface area contributed by atoms with E-state index in [-0.39, 0.29) is 0 Å². The van der Waals surface area contributed by atoms with Crippen LogP contribution in [0.4, 0.5) is 18.9 Å². The molecule has 0 bridgehead atoms. The van der Waals surface area contributed by atoms with E-state index < -0.39 is 18.8 Å². The van der Waals surface area contributed by atoms with Crippen LogP contribution in [-0.4, -0.2) is 31.0 Å². The molecule has 0 aliphatic carbocycles. The Hall–Kier alpha value is -2.21. The molecule has 2 aromatic rings. The van der Waals surface area contributed by atoms with Crippen LogP contribution in [0.25, 0.3) is 11.1 Å². The topological polar surface area (TPSA) is 41.5 Å². The number of aryl methyl sites for hydroxylation is 2. The van der Waals surface area contributed by atoms with Crippen molar-refractivity contribution >= 4 is 5.69 Å². The van der Waals surface area contributed by atoms with Crippen LogP contribution in [0.1, 0.15) is 11.1 Å². The van der Waals surface area contributed by atoms with Gasteiger partial charge in [-0.15, -0.1) is 0 Å². The van der Waals surface area contributed by atoms with Crippen LogP contribution in [0.2, 0.25) is 0 Å². The smallest absolute Gasteiger partial charge is 0.416 e. The third kappa shape index (κ3) is 4.20. The molecular weight excluding hydrogens is 319 g/mol. The molecule has 2 N–H and O–H groups in total. The lowest BCUT2D eigenvalue weighted by Gasteiger charge is -2.19. The first kappa shape index (κ1) is 18.1. The average molecular weight is 339 g/mol. The summed E-state index contributed by atoms with van der Waals surface area (Å²) in [5.41, 5.74) is 4.26. The Morgan fingerprint density at radius 3 is 2.29 bits per heavy atom. The Morgan fingerprint density at radius 2 is 1.75 bits per heavy atom. The van der Waals surface area contributed by atoms with Crippen molar-refractivity contribution < 1.29 is 23.0 Å². The molecule has 0 aliphatic heterocycles. The first-order chi connectivity index (χ1) is 11.2. The second-order valence-electron chi connectivity index (χ2n) is 5.70. The molecule has 2 rings (SSSR count). The number of aliphatic hydroxyl groups is 1. The third-order valence-electron chi connectivity index (χ3n) is 3.62. The molecule has 0 spiro atoms. The highest BCUT2D eigenvalue weighted by atomic mass is 19.4. The Balaban J connectivity index is 2.35. The van der Waals surface area contributed by atoms with Crippen LogP contribution >= 0.6 is 0 Å². The number of nitrogens with one attached hydrogen (secondary N) is 1. The largest absolute Gasteiger partial charge is 0.494 e. The highest BCUT2D eigenvalue weighted by Gasteiger charge is 2.38. The minimum atomic E-state index is -4.66. The maximum Gasteiger partial charge on any atom is 0.416 e. The molecular formula is C18H20F3NO2. The maximum atomic E-state index is 12.4. The van der Waals surface area contributed by atoms with E-state index in [4.69, 9.17) is 9.84 Å². The van der Waals surface area contributed by atoms with Gasteiger partial charge in [0.05, 0.1) is 12.8 Å². The Morgan fingerprint density at radius 1 is 1.12 bits per heavy atom. The molecule has 24 heavy (non-hydrogen) atoms. The average Bonchev–Trinajstić information content (AvgIpc) is 2.50. The number of rotatable bonds is 5. The molecule has 0 saturated carbocycles. The van der Waals surface area contributed by atoms with Crippen molar-refractivity contribution in [2.45, 2.75) is 26.1 Å². The zero-order chi connectivity index (χ0) is 17.9. The number of methoxy groups -OCH3 is 1. The van der Waals surface area contributed by atoms with Gasteiger partial charge in [0.1, 0.15) is 5.75 Å². The first-order valence-electron chi connectivity index (χ1n) is 7.46. The van der Waals surface area contributed by atoms with Crippen molar-refractivity contribution in [1.29, 1.82) is 0 Å². The Labute approximate surface area is 139 Å². The summed E-state index contributed by atoms with van der Waals surface area (Å²) in [6.07, 6.45) is -7.10. The summed E-state index contributed by atoms with van der Waals surface area (Å²) in [7, 11) is 1.47. The Bertz CT molecular complexity index is 694. The fraction of sp³-hybridized carbons (Fsp3) is 0.333. The van der Waals surface area contributed by atoms with Crippen molar-refractivity contribution in [3.63, 3.8) is 0 Å². The van der Waals surface area contributed by atoms with Crippen LogP contribution < -0.4 is 10.1 Å². The predicted octanol–water partition coefficient (Wildman–Crippen LogP) is 4.31. The van der Waals surface area contributed by atoms with Crippen LogP contribution in [0.15, 0.2) is 36.4 Å². The van der Waals surface area contributed by atoms with Crippen LogP contribution in [0.3, 0.4) is 0 Å². The molecule has 0 aromatic heterocycles. The van der Waals surface area contributed by atoms with E-state index in [0.29, 0.717) is 11.4 Å². The standard InChI is InChI=1S/C18H20F3NO2/c1-11-7-12(2)9-13(8-11)14-5-4-6-15(17(14)24-3)22-10-16(23)18(19,20)21/h4-9,16,22-23H,10H2,1-3H3. The molecule has 0 saturated heterocycles. The molecule has 0 amide bonds. The molecule has 0 radical (unpaired) electrons. The minimum absolute atomic E-state index is 0.400. The molecule has 0 aliphatic rings. The number of halogens is 3. The third-order valence-corrected chi connectivity index (χ3v) is 3.62. The van der Waals surface area contributed by atoms with Crippen molar-refractivity contribution in [1.82, 2.24) is 0 Å². The molecule has 6 heteroatoms. The molecule has 0 heterocycles. The summed E-state index contributed by atoms with van der Waals surface area (Å²) in [6, 6.07) is 11.2. The van der Waals surface area contributed by atoms with Gasteiger partial charge < -0.3 is 15.2 Å².